The number of nitrogens with one attached hydrogen (secondary N) is 1. The first-order valence-electron chi connectivity index (χ1n) is 6.95. The van der Waals surface area contributed by atoms with Crippen molar-refractivity contribution in [2.24, 2.45) is 0 Å². The molecule has 0 saturated carbocycles. The van der Waals surface area contributed by atoms with Crippen molar-refractivity contribution < 1.29 is 4.74 Å². The molecule has 0 rings (SSSR count). The Labute approximate surface area is 113 Å². The van der Waals surface area contributed by atoms with Gasteiger partial charge < -0.3 is 10.1 Å². The molecule has 0 aliphatic heterocycles. The molecule has 0 aromatic heterocycles. The van der Waals surface area contributed by atoms with E-state index in [1.165, 1.54) is 11.1 Å². The fourth-order valence-corrected chi connectivity index (χ4v) is 1.47. The smallest absolute Gasteiger partial charge is 0.0599 e. The van der Waals surface area contributed by atoms with Crippen LogP contribution in [0.15, 0.2) is 23.3 Å². The van der Waals surface area contributed by atoms with Gasteiger partial charge in [-0.15, -0.1) is 0 Å². The summed E-state index contributed by atoms with van der Waals surface area (Å²) < 4.78 is 5.64. The van der Waals surface area contributed by atoms with Crippen molar-refractivity contribution in [3.8, 4) is 0 Å². The van der Waals surface area contributed by atoms with Crippen LogP contribution in [0.3, 0.4) is 0 Å². The Hall–Kier alpha value is -0.600. The minimum absolute atomic E-state index is 0.0300. The molecule has 0 spiro atoms. The van der Waals surface area contributed by atoms with Gasteiger partial charge in [0.05, 0.1) is 12.2 Å². The van der Waals surface area contributed by atoms with Gasteiger partial charge in [-0.2, -0.15) is 0 Å². The van der Waals surface area contributed by atoms with Crippen molar-refractivity contribution >= 4 is 0 Å². The van der Waals surface area contributed by atoms with E-state index in [4.69, 9.17) is 4.74 Å². The first-order chi connectivity index (χ1) is 8.31. The molecule has 0 heterocycles. The fraction of sp³-hybridized carbons (Fsp3) is 0.750. The Morgan fingerprint density at radius 3 is 2.33 bits per heavy atom. The topological polar surface area (TPSA) is 21.3 Å². The van der Waals surface area contributed by atoms with Crippen LogP contribution in [0.4, 0.5) is 0 Å². The number of rotatable bonds is 8. The molecule has 0 aliphatic rings. The van der Waals surface area contributed by atoms with Crippen molar-refractivity contribution in [2.75, 3.05) is 19.7 Å². The van der Waals surface area contributed by atoms with Crippen molar-refractivity contribution in [1.82, 2.24) is 5.32 Å². The molecule has 0 aromatic carbocycles. The first kappa shape index (κ1) is 17.4. The molecule has 0 aliphatic carbocycles. The van der Waals surface area contributed by atoms with Gasteiger partial charge in [0.15, 0.2) is 0 Å². The summed E-state index contributed by atoms with van der Waals surface area (Å²) in [5.74, 6) is 0. The van der Waals surface area contributed by atoms with Gasteiger partial charge in [-0.25, -0.2) is 0 Å². The molecule has 0 aromatic rings. The van der Waals surface area contributed by atoms with Crippen LogP contribution in [0.2, 0.25) is 0 Å². The summed E-state index contributed by atoms with van der Waals surface area (Å²) in [7, 11) is 0. The SMILES string of the molecule is CC(C)=CCC/C(C)=C/CNCCOC(C)(C)C. The lowest BCUT2D eigenvalue weighted by molar-refractivity contribution is -0.000510. The maximum absolute atomic E-state index is 5.64. The Bertz CT molecular complexity index is 267. The summed E-state index contributed by atoms with van der Waals surface area (Å²) >= 11 is 0. The zero-order valence-electron chi connectivity index (χ0n) is 13.1. The summed E-state index contributed by atoms with van der Waals surface area (Å²) in [5.41, 5.74) is 2.83. The quantitative estimate of drug-likeness (QED) is 0.520. The normalized spacial score (nSPS) is 12.7. The monoisotopic (exact) mass is 253 g/mol. The third-order valence-corrected chi connectivity index (χ3v) is 2.50. The molecule has 0 fully saturated rings. The standard InChI is InChI=1S/C16H31NO/c1-14(2)8-7-9-15(3)10-11-17-12-13-18-16(4,5)6/h8,10,17H,7,9,11-13H2,1-6H3/b15-10+. The van der Waals surface area contributed by atoms with Gasteiger partial charge in [0, 0.05) is 13.1 Å². The van der Waals surface area contributed by atoms with Gasteiger partial charge in [0.2, 0.25) is 0 Å². The van der Waals surface area contributed by atoms with E-state index in [1.54, 1.807) is 0 Å². The van der Waals surface area contributed by atoms with E-state index in [2.05, 4.69) is 59.0 Å². The van der Waals surface area contributed by atoms with E-state index >= 15 is 0 Å². The third-order valence-electron chi connectivity index (χ3n) is 2.50. The zero-order chi connectivity index (χ0) is 14.0. The van der Waals surface area contributed by atoms with Crippen molar-refractivity contribution in [3.05, 3.63) is 23.3 Å². The average Bonchev–Trinajstić information content (AvgIpc) is 2.21. The summed E-state index contributed by atoms with van der Waals surface area (Å²) in [6.07, 6.45) is 6.88. The van der Waals surface area contributed by atoms with Crippen molar-refractivity contribution in [1.29, 1.82) is 0 Å². The van der Waals surface area contributed by atoms with Gasteiger partial charge in [0.25, 0.3) is 0 Å². The Balaban J connectivity index is 3.54. The second-order valence-corrected chi connectivity index (χ2v) is 6.04. The lowest BCUT2D eigenvalue weighted by Gasteiger charge is -2.19. The number of ether oxygens (including phenoxy) is 1. The van der Waals surface area contributed by atoms with E-state index < -0.39 is 0 Å². The van der Waals surface area contributed by atoms with Crippen LogP contribution < -0.4 is 5.32 Å². The molecule has 2 nitrogen and oxygen atoms in total. The number of hydrogen-bond donors (Lipinski definition) is 1. The first-order valence-corrected chi connectivity index (χ1v) is 6.95. The Morgan fingerprint density at radius 2 is 1.78 bits per heavy atom. The Morgan fingerprint density at radius 1 is 1.11 bits per heavy atom. The molecular formula is C16H31NO. The summed E-state index contributed by atoms with van der Waals surface area (Å²) in [4.78, 5) is 0. The molecule has 1 N–H and O–H groups in total. The fourth-order valence-electron chi connectivity index (χ4n) is 1.47. The van der Waals surface area contributed by atoms with Crippen molar-refractivity contribution in [2.45, 2.75) is 60.0 Å². The Kier molecular flexibility index (Phi) is 9.03. The van der Waals surface area contributed by atoms with Crippen molar-refractivity contribution in [3.63, 3.8) is 0 Å². The molecular weight excluding hydrogens is 222 g/mol. The van der Waals surface area contributed by atoms with E-state index in [0.717, 1.165) is 32.5 Å². The van der Waals surface area contributed by atoms with E-state index in [9.17, 15) is 0 Å². The highest BCUT2D eigenvalue weighted by Crippen LogP contribution is 2.06. The van der Waals surface area contributed by atoms with Crippen LogP contribution in [-0.2, 0) is 4.74 Å². The molecule has 106 valence electrons. The molecule has 0 saturated heterocycles. The van der Waals surface area contributed by atoms with E-state index in [1.807, 2.05) is 0 Å². The third kappa shape index (κ3) is 13.5. The second kappa shape index (κ2) is 9.35. The second-order valence-electron chi connectivity index (χ2n) is 6.04. The molecule has 0 amide bonds. The van der Waals surface area contributed by atoms with E-state index in [0.29, 0.717) is 0 Å². The lowest BCUT2D eigenvalue weighted by Crippen LogP contribution is -2.26. The molecule has 2 heteroatoms. The highest BCUT2D eigenvalue weighted by Gasteiger charge is 2.08. The van der Waals surface area contributed by atoms with Crippen LogP contribution in [-0.4, -0.2) is 25.3 Å². The molecule has 0 atom stereocenters. The maximum Gasteiger partial charge on any atom is 0.0599 e. The number of hydrogen-bond acceptors (Lipinski definition) is 2. The lowest BCUT2D eigenvalue weighted by atomic mass is 10.1. The molecule has 0 bridgehead atoms. The van der Waals surface area contributed by atoms with Gasteiger partial charge >= 0.3 is 0 Å². The molecule has 18 heavy (non-hydrogen) atoms. The highest BCUT2D eigenvalue weighted by molar-refractivity contribution is 5.02. The van der Waals surface area contributed by atoms with Gasteiger partial charge in [-0.3, -0.25) is 0 Å². The minimum atomic E-state index is -0.0300. The van der Waals surface area contributed by atoms with Gasteiger partial charge in [-0.05, 0) is 54.4 Å². The highest BCUT2D eigenvalue weighted by atomic mass is 16.5. The summed E-state index contributed by atoms with van der Waals surface area (Å²) in [6.45, 7) is 15.4. The minimum Gasteiger partial charge on any atom is -0.375 e. The summed E-state index contributed by atoms with van der Waals surface area (Å²) in [5, 5.41) is 3.37. The molecule has 0 radical (unpaired) electrons. The van der Waals surface area contributed by atoms with Gasteiger partial charge in [-0.1, -0.05) is 23.3 Å². The zero-order valence-corrected chi connectivity index (χ0v) is 13.1. The van der Waals surface area contributed by atoms with Crippen LogP contribution in [0.1, 0.15) is 54.4 Å². The summed E-state index contributed by atoms with van der Waals surface area (Å²) in [6, 6.07) is 0. The van der Waals surface area contributed by atoms with Crippen LogP contribution in [0.25, 0.3) is 0 Å². The van der Waals surface area contributed by atoms with Crippen LogP contribution >= 0.6 is 0 Å². The predicted octanol–water partition coefficient (Wildman–Crippen LogP) is 4.08. The predicted molar refractivity (Wildman–Crippen MR) is 81.0 cm³/mol. The number of allylic oxidation sites excluding steroid dienone is 3. The van der Waals surface area contributed by atoms with E-state index in [-0.39, 0.29) is 5.60 Å². The van der Waals surface area contributed by atoms with Crippen LogP contribution in [0, 0.1) is 0 Å². The maximum atomic E-state index is 5.64. The molecule has 0 unspecified atom stereocenters. The van der Waals surface area contributed by atoms with Gasteiger partial charge in [0.1, 0.15) is 0 Å². The largest absolute Gasteiger partial charge is 0.375 e. The average molecular weight is 253 g/mol. The van der Waals surface area contributed by atoms with Crippen LogP contribution in [0.5, 0.6) is 0 Å².